The van der Waals surface area contributed by atoms with Crippen molar-refractivity contribution >= 4 is 17.3 Å². The number of benzene rings is 2. The molecule has 1 amide bonds. The molecule has 6 N–H and O–H groups in total. The zero-order valence-electron chi connectivity index (χ0n) is 13.2. The maximum absolute atomic E-state index is 13.4. The van der Waals surface area contributed by atoms with Crippen molar-refractivity contribution in [1.29, 1.82) is 0 Å². The molecule has 0 unspecified atom stereocenters. The quantitative estimate of drug-likeness (QED) is 0.605. The number of carbonyl (C=O) groups excluding carboxylic acids is 1. The number of aliphatic imine (C=N–C) groups is 1. The van der Waals surface area contributed by atoms with Crippen LogP contribution < -0.4 is 16.8 Å². The Morgan fingerprint density at radius 2 is 1.92 bits per heavy atom. The van der Waals surface area contributed by atoms with Crippen LogP contribution in [0.15, 0.2) is 72.1 Å². The molecule has 0 heterocycles. The number of hydrogen-bond donors (Lipinski definition) is 4. The van der Waals surface area contributed by atoms with Crippen molar-refractivity contribution in [1.82, 2.24) is 0 Å². The first-order valence-corrected chi connectivity index (χ1v) is 7.22. The van der Waals surface area contributed by atoms with Crippen molar-refractivity contribution in [3.8, 4) is 5.75 Å². The third-order valence-electron chi connectivity index (χ3n) is 3.20. The Hall–Kier alpha value is -3.61. The Morgan fingerprint density at radius 3 is 2.52 bits per heavy atom. The second-order valence-corrected chi connectivity index (χ2v) is 5.03. The van der Waals surface area contributed by atoms with Crippen LogP contribution in [0.5, 0.6) is 5.75 Å². The van der Waals surface area contributed by atoms with Gasteiger partial charge < -0.3 is 21.9 Å². The van der Waals surface area contributed by atoms with E-state index >= 15 is 0 Å². The van der Waals surface area contributed by atoms with Crippen LogP contribution in [-0.4, -0.2) is 16.7 Å². The number of nitrogens with one attached hydrogen (secondary N) is 1. The number of allylic oxidation sites excluding steroid dienone is 1. The van der Waals surface area contributed by atoms with Crippen LogP contribution in [0.3, 0.4) is 0 Å². The summed E-state index contributed by atoms with van der Waals surface area (Å²) in [4.78, 5) is 15.3. The number of nitrogens with zero attached hydrogens (tertiary/aromatic N) is 1. The molecule has 0 radical (unpaired) electrons. The van der Waals surface area contributed by atoms with E-state index in [9.17, 15) is 14.3 Å². The summed E-state index contributed by atoms with van der Waals surface area (Å²) in [5.41, 5.74) is 12.0. The minimum absolute atomic E-state index is 0.142. The molecule has 6 nitrogen and oxygen atoms in total. The van der Waals surface area contributed by atoms with E-state index < -0.39 is 11.7 Å². The average Bonchev–Trinajstić information content (AvgIpc) is 2.57. The van der Waals surface area contributed by atoms with Gasteiger partial charge in [0, 0.05) is 16.8 Å². The summed E-state index contributed by atoms with van der Waals surface area (Å²) in [6.45, 7) is 3.77. The van der Waals surface area contributed by atoms with Crippen molar-refractivity contribution < 1.29 is 14.3 Å². The molecule has 0 fully saturated rings. The molecule has 0 aliphatic rings. The molecule has 25 heavy (non-hydrogen) atoms. The number of amides is 1. The van der Waals surface area contributed by atoms with Gasteiger partial charge in [0.15, 0.2) is 0 Å². The van der Waals surface area contributed by atoms with Crippen LogP contribution in [0.25, 0.3) is 0 Å². The molecule has 0 saturated heterocycles. The standard InChI is InChI=1S/C18H17FN4O2/c1-11(22-14-5-2-12(3-6-14)18(21)25)23-16(8-9-20)15-10-13(19)4-7-17(15)24/h2-10,22,24H,1,20H2,(H2,21,25)/b9-8-,23-16?. The van der Waals surface area contributed by atoms with Gasteiger partial charge in [-0.05, 0) is 54.7 Å². The lowest BCUT2D eigenvalue weighted by Crippen LogP contribution is -2.10. The zero-order chi connectivity index (χ0) is 18.4. The SMILES string of the molecule is C=C(N=C(/C=C\N)c1cc(F)ccc1O)Nc1ccc(C(N)=O)cc1. The summed E-state index contributed by atoms with van der Waals surface area (Å²) >= 11 is 0. The minimum atomic E-state index is -0.527. The zero-order valence-corrected chi connectivity index (χ0v) is 13.2. The fourth-order valence-corrected chi connectivity index (χ4v) is 2.05. The highest BCUT2D eigenvalue weighted by Gasteiger charge is 2.09. The normalized spacial score (nSPS) is 11.5. The van der Waals surface area contributed by atoms with E-state index in [-0.39, 0.29) is 22.8 Å². The summed E-state index contributed by atoms with van der Waals surface area (Å²) in [7, 11) is 0. The lowest BCUT2D eigenvalue weighted by atomic mass is 10.1. The maximum atomic E-state index is 13.4. The molecule has 0 spiro atoms. The smallest absolute Gasteiger partial charge is 0.248 e. The Balaban J connectivity index is 2.26. The fraction of sp³-hybridized carbons (Fsp3) is 0. The molecule has 128 valence electrons. The van der Waals surface area contributed by atoms with Crippen LogP contribution in [0, 0.1) is 5.82 Å². The van der Waals surface area contributed by atoms with Crippen LogP contribution in [0.2, 0.25) is 0 Å². The molecule has 7 heteroatoms. The lowest BCUT2D eigenvalue weighted by Gasteiger charge is -2.09. The van der Waals surface area contributed by atoms with Crippen molar-refractivity contribution in [2.45, 2.75) is 0 Å². The molecule has 2 aromatic carbocycles. The first-order chi connectivity index (χ1) is 11.9. The van der Waals surface area contributed by atoms with Gasteiger partial charge in [0.25, 0.3) is 0 Å². The molecule has 0 aliphatic heterocycles. The number of phenolic OH excluding ortho intramolecular Hbond substituents is 1. The fourth-order valence-electron chi connectivity index (χ4n) is 2.05. The molecule has 0 aromatic heterocycles. The van der Waals surface area contributed by atoms with Gasteiger partial charge in [-0.2, -0.15) is 0 Å². The third kappa shape index (κ3) is 4.68. The van der Waals surface area contributed by atoms with E-state index in [2.05, 4.69) is 16.9 Å². The number of nitrogens with two attached hydrogens (primary N) is 2. The van der Waals surface area contributed by atoms with Gasteiger partial charge in [0.05, 0.1) is 5.71 Å². The first kappa shape index (κ1) is 17.7. The van der Waals surface area contributed by atoms with E-state index in [4.69, 9.17) is 11.5 Å². The molecule has 2 rings (SSSR count). The third-order valence-corrected chi connectivity index (χ3v) is 3.20. The van der Waals surface area contributed by atoms with Gasteiger partial charge in [-0.15, -0.1) is 0 Å². The number of carbonyl (C=O) groups is 1. The summed E-state index contributed by atoms with van der Waals surface area (Å²) in [5, 5.41) is 12.8. The number of hydrogen-bond acceptors (Lipinski definition) is 5. The van der Waals surface area contributed by atoms with Gasteiger partial charge >= 0.3 is 0 Å². The monoisotopic (exact) mass is 340 g/mol. The van der Waals surface area contributed by atoms with Crippen LogP contribution in [0.1, 0.15) is 15.9 Å². The van der Waals surface area contributed by atoms with Gasteiger partial charge in [0.1, 0.15) is 17.4 Å². The van der Waals surface area contributed by atoms with Crippen LogP contribution in [0.4, 0.5) is 10.1 Å². The number of primary amides is 1. The number of phenols is 1. The number of anilines is 1. The molecule has 0 saturated carbocycles. The second kappa shape index (κ2) is 7.78. The Bertz CT molecular complexity index is 858. The van der Waals surface area contributed by atoms with E-state index in [1.54, 1.807) is 24.3 Å². The predicted molar refractivity (Wildman–Crippen MR) is 95.7 cm³/mol. The van der Waals surface area contributed by atoms with E-state index in [0.717, 1.165) is 12.1 Å². The highest BCUT2D eigenvalue weighted by molar-refractivity contribution is 6.11. The van der Waals surface area contributed by atoms with Crippen molar-refractivity contribution in [3.63, 3.8) is 0 Å². The average molecular weight is 340 g/mol. The Labute approximate surface area is 144 Å². The molecule has 2 aromatic rings. The molecule has 0 bridgehead atoms. The van der Waals surface area contributed by atoms with Gasteiger partial charge in [-0.3, -0.25) is 4.79 Å². The van der Waals surface area contributed by atoms with E-state index in [1.807, 2.05) is 0 Å². The van der Waals surface area contributed by atoms with E-state index in [0.29, 0.717) is 11.3 Å². The van der Waals surface area contributed by atoms with Crippen LogP contribution in [-0.2, 0) is 0 Å². The Kier molecular flexibility index (Phi) is 5.52. The highest BCUT2D eigenvalue weighted by Crippen LogP contribution is 2.20. The van der Waals surface area contributed by atoms with Crippen molar-refractivity contribution in [2.24, 2.45) is 16.5 Å². The summed E-state index contributed by atoms with van der Waals surface area (Å²) in [6, 6.07) is 9.89. The summed E-state index contributed by atoms with van der Waals surface area (Å²) < 4.78 is 13.4. The summed E-state index contributed by atoms with van der Waals surface area (Å²) in [5.74, 6) is -0.965. The first-order valence-electron chi connectivity index (χ1n) is 7.22. The van der Waals surface area contributed by atoms with Gasteiger partial charge in [0.2, 0.25) is 5.91 Å². The van der Waals surface area contributed by atoms with Crippen molar-refractivity contribution in [3.05, 3.63) is 84.1 Å². The van der Waals surface area contributed by atoms with Crippen molar-refractivity contribution in [2.75, 3.05) is 5.32 Å². The van der Waals surface area contributed by atoms with Gasteiger partial charge in [-0.25, -0.2) is 9.38 Å². The molecular weight excluding hydrogens is 323 g/mol. The molecule has 0 atom stereocenters. The number of halogens is 1. The number of aromatic hydroxyl groups is 1. The van der Waals surface area contributed by atoms with E-state index in [1.165, 1.54) is 18.3 Å². The Morgan fingerprint density at radius 1 is 1.24 bits per heavy atom. The lowest BCUT2D eigenvalue weighted by molar-refractivity contribution is 0.100. The molecular formula is C18H17FN4O2. The highest BCUT2D eigenvalue weighted by atomic mass is 19.1. The minimum Gasteiger partial charge on any atom is -0.507 e. The van der Waals surface area contributed by atoms with Crippen LogP contribution >= 0.6 is 0 Å². The van der Waals surface area contributed by atoms with Gasteiger partial charge in [-0.1, -0.05) is 6.58 Å². The topological polar surface area (TPSA) is 114 Å². The second-order valence-electron chi connectivity index (χ2n) is 5.03. The maximum Gasteiger partial charge on any atom is 0.248 e. The number of rotatable bonds is 6. The summed E-state index contributed by atoms with van der Waals surface area (Å²) in [6.07, 6.45) is 2.63. The predicted octanol–water partition coefficient (Wildman–Crippen LogP) is 2.48. The molecule has 0 aliphatic carbocycles. The largest absolute Gasteiger partial charge is 0.507 e.